The molecule has 6 nitrogen and oxygen atoms in total. The quantitative estimate of drug-likeness (QED) is 0.664. The fourth-order valence-corrected chi connectivity index (χ4v) is 2.01. The number of nitrogens with one attached hydrogen (secondary N) is 1. The molecule has 0 bridgehead atoms. The summed E-state index contributed by atoms with van der Waals surface area (Å²) in [5.41, 5.74) is 5.76. The van der Waals surface area contributed by atoms with E-state index in [-0.39, 0.29) is 36.6 Å². The van der Waals surface area contributed by atoms with Crippen molar-refractivity contribution < 1.29 is 14.4 Å². The Balaban J connectivity index is 2.45. The van der Waals surface area contributed by atoms with Crippen LogP contribution in [0.3, 0.4) is 0 Å². The Morgan fingerprint density at radius 3 is 2.83 bits per heavy atom. The van der Waals surface area contributed by atoms with Gasteiger partial charge in [0.15, 0.2) is 0 Å². The van der Waals surface area contributed by atoms with E-state index in [0.717, 1.165) is 17.7 Å². The van der Waals surface area contributed by atoms with E-state index in [4.69, 9.17) is 5.73 Å². The predicted octanol–water partition coefficient (Wildman–Crippen LogP) is -0.232. The molecule has 6 heteroatoms. The van der Waals surface area contributed by atoms with Crippen molar-refractivity contribution in [1.29, 1.82) is 0 Å². The van der Waals surface area contributed by atoms with Crippen molar-refractivity contribution in [1.82, 2.24) is 10.2 Å². The van der Waals surface area contributed by atoms with E-state index in [2.05, 4.69) is 5.32 Å². The average Bonchev–Trinajstić information content (AvgIpc) is 2.30. The van der Waals surface area contributed by atoms with Crippen LogP contribution in [0, 0.1) is 0 Å². The normalized spacial score (nSPS) is 21.9. The summed E-state index contributed by atoms with van der Waals surface area (Å²) in [6.45, 7) is 2.00. The number of nitrogens with two attached hydrogens (primary N) is 1. The summed E-state index contributed by atoms with van der Waals surface area (Å²) in [6.07, 6.45) is 2.58. The molecule has 0 aliphatic carbocycles. The van der Waals surface area contributed by atoms with Crippen LogP contribution in [0.5, 0.6) is 0 Å². The summed E-state index contributed by atoms with van der Waals surface area (Å²) >= 11 is 0. The van der Waals surface area contributed by atoms with Crippen LogP contribution in [-0.2, 0) is 14.4 Å². The van der Waals surface area contributed by atoms with Crippen molar-refractivity contribution in [3.8, 4) is 0 Å². The molecule has 1 saturated heterocycles. The topological polar surface area (TPSA) is 92.5 Å². The maximum absolute atomic E-state index is 11.7. The van der Waals surface area contributed by atoms with Crippen LogP contribution in [0.4, 0.5) is 0 Å². The fourth-order valence-electron chi connectivity index (χ4n) is 2.01. The maximum atomic E-state index is 11.7. The van der Waals surface area contributed by atoms with Gasteiger partial charge in [0.1, 0.15) is 6.04 Å². The molecule has 18 heavy (non-hydrogen) atoms. The van der Waals surface area contributed by atoms with E-state index in [1.54, 1.807) is 0 Å². The van der Waals surface area contributed by atoms with E-state index in [1.807, 2.05) is 6.92 Å². The summed E-state index contributed by atoms with van der Waals surface area (Å²) < 4.78 is 0. The molecule has 2 unspecified atom stereocenters. The average molecular weight is 255 g/mol. The SMILES string of the molecule is CCCC(N)CC(=O)NC1CCC(=O)N(C)C1=O. The van der Waals surface area contributed by atoms with Crippen LogP contribution in [0.15, 0.2) is 0 Å². The molecule has 0 saturated carbocycles. The molecule has 102 valence electrons. The lowest BCUT2D eigenvalue weighted by Crippen LogP contribution is -2.53. The minimum atomic E-state index is -0.589. The van der Waals surface area contributed by atoms with Gasteiger partial charge in [-0.25, -0.2) is 0 Å². The molecule has 0 radical (unpaired) electrons. The zero-order valence-corrected chi connectivity index (χ0v) is 10.9. The Labute approximate surface area is 107 Å². The van der Waals surface area contributed by atoms with Crippen LogP contribution in [-0.4, -0.2) is 41.8 Å². The van der Waals surface area contributed by atoms with E-state index in [0.29, 0.717) is 6.42 Å². The Kier molecular flexibility index (Phi) is 5.27. The lowest BCUT2D eigenvalue weighted by atomic mass is 10.0. The number of likely N-dealkylation sites (N-methyl/N-ethyl adjacent to an activating group) is 1. The second kappa shape index (κ2) is 6.49. The summed E-state index contributed by atoms with van der Waals surface area (Å²) in [7, 11) is 1.44. The molecule has 3 amide bonds. The molecule has 1 heterocycles. The molecule has 2 atom stereocenters. The molecule has 1 aliphatic rings. The van der Waals surface area contributed by atoms with Gasteiger partial charge in [-0.15, -0.1) is 0 Å². The second-order valence-electron chi connectivity index (χ2n) is 4.70. The number of hydrogen-bond acceptors (Lipinski definition) is 4. The highest BCUT2D eigenvalue weighted by molar-refractivity contribution is 6.01. The third kappa shape index (κ3) is 3.80. The van der Waals surface area contributed by atoms with Gasteiger partial charge in [0.25, 0.3) is 5.91 Å². The second-order valence-corrected chi connectivity index (χ2v) is 4.70. The number of rotatable bonds is 5. The van der Waals surface area contributed by atoms with Crippen molar-refractivity contribution in [2.75, 3.05) is 7.05 Å². The Hall–Kier alpha value is -1.43. The number of hydrogen-bond donors (Lipinski definition) is 2. The van der Waals surface area contributed by atoms with E-state index < -0.39 is 6.04 Å². The van der Waals surface area contributed by atoms with E-state index in [9.17, 15) is 14.4 Å². The van der Waals surface area contributed by atoms with Crippen LogP contribution in [0.1, 0.15) is 39.0 Å². The van der Waals surface area contributed by atoms with Crippen LogP contribution >= 0.6 is 0 Å². The number of piperidine rings is 1. The summed E-state index contributed by atoms with van der Waals surface area (Å²) in [4.78, 5) is 35.8. The summed E-state index contributed by atoms with van der Waals surface area (Å²) in [5.74, 6) is -0.770. The molecular formula is C12H21N3O3. The standard InChI is InChI=1S/C12H21N3O3/c1-3-4-8(13)7-10(16)14-9-5-6-11(17)15(2)12(9)18/h8-9H,3-7,13H2,1-2H3,(H,14,16). The monoisotopic (exact) mass is 255 g/mol. The third-order valence-corrected chi connectivity index (χ3v) is 3.09. The fraction of sp³-hybridized carbons (Fsp3) is 0.750. The number of amides is 3. The van der Waals surface area contributed by atoms with Gasteiger partial charge in [-0.3, -0.25) is 19.3 Å². The lowest BCUT2D eigenvalue weighted by molar-refractivity contribution is -0.149. The van der Waals surface area contributed by atoms with Gasteiger partial charge in [0.05, 0.1) is 0 Å². The number of imide groups is 1. The van der Waals surface area contributed by atoms with Crippen molar-refractivity contribution in [2.24, 2.45) is 5.73 Å². The first-order valence-corrected chi connectivity index (χ1v) is 6.31. The zero-order chi connectivity index (χ0) is 13.7. The van der Waals surface area contributed by atoms with E-state index >= 15 is 0 Å². The van der Waals surface area contributed by atoms with E-state index in [1.165, 1.54) is 7.05 Å². The smallest absolute Gasteiger partial charge is 0.251 e. The molecular weight excluding hydrogens is 234 g/mol. The third-order valence-electron chi connectivity index (χ3n) is 3.09. The first-order chi connectivity index (χ1) is 8.45. The van der Waals surface area contributed by atoms with Crippen molar-refractivity contribution in [2.45, 2.75) is 51.1 Å². The van der Waals surface area contributed by atoms with Crippen LogP contribution < -0.4 is 11.1 Å². The zero-order valence-electron chi connectivity index (χ0n) is 10.9. The van der Waals surface area contributed by atoms with Gasteiger partial charge < -0.3 is 11.1 Å². The minimum Gasteiger partial charge on any atom is -0.344 e. The minimum absolute atomic E-state index is 0.173. The Morgan fingerprint density at radius 2 is 2.22 bits per heavy atom. The summed E-state index contributed by atoms with van der Waals surface area (Å²) in [6, 6.07) is -0.762. The molecule has 0 aromatic rings. The molecule has 0 spiro atoms. The van der Waals surface area contributed by atoms with Gasteiger partial charge >= 0.3 is 0 Å². The number of carbonyl (C=O) groups excluding carboxylic acids is 3. The van der Waals surface area contributed by atoms with Gasteiger partial charge in [-0.05, 0) is 12.8 Å². The molecule has 0 aromatic heterocycles. The highest BCUT2D eigenvalue weighted by Crippen LogP contribution is 2.11. The van der Waals surface area contributed by atoms with Crippen molar-refractivity contribution >= 4 is 17.7 Å². The highest BCUT2D eigenvalue weighted by atomic mass is 16.2. The van der Waals surface area contributed by atoms with Crippen LogP contribution in [0.2, 0.25) is 0 Å². The van der Waals surface area contributed by atoms with Crippen molar-refractivity contribution in [3.63, 3.8) is 0 Å². The lowest BCUT2D eigenvalue weighted by Gasteiger charge is -2.28. The largest absolute Gasteiger partial charge is 0.344 e. The molecule has 1 fully saturated rings. The van der Waals surface area contributed by atoms with Gasteiger partial charge in [-0.1, -0.05) is 13.3 Å². The van der Waals surface area contributed by atoms with Gasteiger partial charge in [-0.2, -0.15) is 0 Å². The highest BCUT2D eigenvalue weighted by Gasteiger charge is 2.32. The summed E-state index contributed by atoms with van der Waals surface area (Å²) in [5, 5.41) is 2.65. The van der Waals surface area contributed by atoms with Crippen molar-refractivity contribution in [3.05, 3.63) is 0 Å². The molecule has 0 aromatic carbocycles. The number of carbonyl (C=O) groups is 3. The predicted molar refractivity (Wildman–Crippen MR) is 66.4 cm³/mol. The van der Waals surface area contributed by atoms with Crippen LogP contribution in [0.25, 0.3) is 0 Å². The number of nitrogens with zero attached hydrogens (tertiary/aromatic N) is 1. The number of likely N-dealkylation sites (tertiary alicyclic amines) is 1. The first-order valence-electron chi connectivity index (χ1n) is 6.31. The maximum Gasteiger partial charge on any atom is 0.251 e. The molecule has 1 rings (SSSR count). The Bertz CT molecular complexity index is 343. The van der Waals surface area contributed by atoms with Gasteiger partial charge in [0, 0.05) is 25.9 Å². The molecule has 1 aliphatic heterocycles. The Morgan fingerprint density at radius 1 is 1.56 bits per heavy atom. The molecule has 3 N–H and O–H groups in total. The first kappa shape index (κ1) is 14.6. The van der Waals surface area contributed by atoms with Gasteiger partial charge in [0.2, 0.25) is 11.8 Å².